The summed E-state index contributed by atoms with van der Waals surface area (Å²) in [5, 5.41) is 24.6. The van der Waals surface area contributed by atoms with Crippen LogP contribution in [0.25, 0.3) is 0 Å². The van der Waals surface area contributed by atoms with E-state index < -0.39 is 23.8 Å². The number of nitriles is 2. The minimum absolute atomic E-state index is 0.00731. The van der Waals surface area contributed by atoms with E-state index in [1.165, 1.54) is 0 Å². The van der Waals surface area contributed by atoms with Gasteiger partial charge in [-0.1, -0.05) is 0 Å². The van der Waals surface area contributed by atoms with Crippen LogP contribution in [0.4, 0.5) is 10.0 Å². The molecule has 35 heavy (non-hydrogen) atoms. The Morgan fingerprint density at radius 2 is 1.14 bits per heavy atom. The quantitative estimate of drug-likeness (QED) is 0.443. The maximum atomic E-state index is 12.4. The van der Waals surface area contributed by atoms with Crippen LogP contribution in [0.3, 0.4) is 0 Å². The molecule has 0 bridgehead atoms. The summed E-state index contributed by atoms with van der Waals surface area (Å²) < 4.78 is 9.95. The molecule has 2 heterocycles. The molecule has 0 aliphatic rings. The van der Waals surface area contributed by atoms with Crippen LogP contribution in [0.15, 0.2) is 0 Å². The zero-order chi connectivity index (χ0) is 26.1. The van der Waals surface area contributed by atoms with Crippen molar-refractivity contribution >= 4 is 56.4 Å². The Morgan fingerprint density at radius 3 is 1.46 bits per heavy atom. The molecular weight excluding hydrogens is 492 g/mol. The summed E-state index contributed by atoms with van der Waals surface area (Å²) in [7, 11) is 0. The van der Waals surface area contributed by atoms with Gasteiger partial charge in [0.15, 0.2) is 0 Å². The molecule has 0 saturated heterocycles. The van der Waals surface area contributed by atoms with Crippen LogP contribution in [0, 0.1) is 36.5 Å². The van der Waals surface area contributed by atoms with Gasteiger partial charge in [0.05, 0.1) is 24.3 Å². The largest absolute Gasteiger partial charge is 0.462 e. The molecule has 0 aliphatic heterocycles. The Balaban J connectivity index is 1.97. The molecule has 0 aliphatic carbocycles. The number of nitrogens with zero attached hydrogens (tertiary/aromatic N) is 2. The van der Waals surface area contributed by atoms with Gasteiger partial charge < -0.3 is 20.1 Å². The van der Waals surface area contributed by atoms with Crippen molar-refractivity contribution in [1.82, 2.24) is 0 Å². The average Bonchev–Trinajstić information content (AvgIpc) is 3.29. The third kappa shape index (κ3) is 6.66. The molecule has 2 aromatic heterocycles. The second-order valence-electron chi connectivity index (χ2n) is 7.14. The Morgan fingerprint density at radius 1 is 0.771 bits per heavy atom. The highest BCUT2D eigenvalue weighted by Crippen LogP contribution is 2.34. The molecule has 0 unspecified atom stereocenters. The summed E-state index contributed by atoms with van der Waals surface area (Å²) in [6.07, 6.45) is 0.185. The summed E-state index contributed by atoms with van der Waals surface area (Å²) in [6, 6.07) is 3.97. The third-order valence-corrected chi connectivity index (χ3v) is 7.13. The predicted octanol–water partition coefficient (Wildman–Crippen LogP) is 4.27. The van der Waals surface area contributed by atoms with Gasteiger partial charge in [-0.3, -0.25) is 9.59 Å². The van der Waals surface area contributed by atoms with Crippen LogP contribution < -0.4 is 10.6 Å². The number of amides is 2. The first-order valence-electron chi connectivity index (χ1n) is 10.7. The first-order chi connectivity index (χ1) is 16.7. The highest BCUT2D eigenvalue weighted by molar-refractivity contribution is 7.19. The Hall–Kier alpha value is -3.74. The van der Waals surface area contributed by atoms with Gasteiger partial charge in [-0.2, -0.15) is 10.5 Å². The number of carbonyl (C=O) groups is 4. The first-order valence-corrected chi connectivity index (χ1v) is 12.3. The van der Waals surface area contributed by atoms with Crippen molar-refractivity contribution in [3.05, 3.63) is 32.0 Å². The van der Waals surface area contributed by atoms with Gasteiger partial charge in [0, 0.05) is 12.8 Å². The minimum atomic E-state index is -0.560. The molecule has 0 saturated carbocycles. The summed E-state index contributed by atoms with van der Waals surface area (Å²) in [5.41, 5.74) is 1.26. The number of anilines is 2. The molecule has 0 spiro atoms. The maximum Gasteiger partial charge on any atom is 0.348 e. The molecule has 0 fully saturated rings. The molecule has 10 nitrogen and oxygen atoms in total. The van der Waals surface area contributed by atoms with Crippen molar-refractivity contribution in [3.8, 4) is 12.1 Å². The van der Waals surface area contributed by atoms with Gasteiger partial charge in [-0.15, -0.1) is 22.7 Å². The molecule has 2 rings (SSSR count). The van der Waals surface area contributed by atoms with Gasteiger partial charge in [-0.25, -0.2) is 9.59 Å². The van der Waals surface area contributed by atoms with Crippen molar-refractivity contribution < 1.29 is 28.7 Å². The fourth-order valence-corrected chi connectivity index (χ4v) is 5.18. The van der Waals surface area contributed by atoms with E-state index in [1.54, 1.807) is 27.7 Å². The van der Waals surface area contributed by atoms with Crippen molar-refractivity contribution in [2.24, 2.45) is 0 Å². The van der Waals surface area contributed by atoms with Crippen molar-refractivity contribution in [3.63, 3.8) is 0 Å². The lowest BCUT2D eigenvalue weighted by molar-refractivity contribution is -0.117. The zero-order valence-corrected chi connectivity index (χ0v) is 21.3. The standard InChI is InChI=1S/C23H24N4O6S2/c1-5-32-22(30)18-12(3)14(10-24)20(34-18)26-16(28)8-7-9-17(29)27-21-15(11-25)13(4)19(35-21)23(31)33-6-2/h5-9H2,1-4H3,(H,26,28)(H,27,29). The molecule has 0 radical (unpaired) electrons. The lowest BCUT2D eigenvalue weighted by atomic mass is 10.1. The summed E-state index contributed by atoms with van der Waals surface area (Å²) in [6.45, 7) is 6.93. The van der Waals surface area contributed by atoms with Crippen LogP contribution in [0.2, 0.25) is 0 Å². The Bertz CT molecular complexity index is 1140. The number of ether oxygens (including phenoxy) is 2. The number of carbonyl (C=O) groups excluding carboxylic acids is 4. The lowest BCUT2D eigenvalue weighted by Crippen LogP contribution is -2.14. The van der Waals surface area contributed by atoms with Crippen molar-refractivity contribution in [2.45, 2.75) is 47.0 Å². The number of rotatable bonds is 10. The summed E-state index contributed by atoms with van der Waals surface area (Å²) in [4.78, 5) is 49.3. The van der Waals surface area contributed by atoms with E-state index >= 15 is 0 Å². The van der Waals surface area contributed by atoms with Crippen molar-refractivity contribution in [1.29, 1.82) is 10.5 Å². The van der Waals surface area contributed by atoms with E-state index in [2.05, 4.69) is 10.6 Å². The smallest absolute Gasteiger partial charge is 0.348 e. The molecule has 2 aromatic rings. The van der Waals surface area contributed by atoms with Gasteiger partial charge in [0.2, 0.25) is 11.8 Å². The van der Waals surface area contributed by atoms with Crippen molar-refractivity contribution in [2.75, 3.05) is 23.8 Å². The van der Waals surface area contributed by atoms with E-state index in [0.717, 1.165) is 22.7 Å². The predicted molar refractivity (Wildman–Crippen MR) is 131 cm³/mol. The number of esters is 2. The topological polar surface area (TPSA) is 158 Å². The van der Waals surface area contributed by atoms with E-state index in [4.69, 9.17) is 9.47 Å². The number of nitrogens with one attached hydrogen (secondary N) is 2. The maximum absolute atomic E-state index is 12.4. The van der Waals surface area contributed by atoms with Crippen LogP contribution in [0.1, 0.15) is 74.7 Å². The fraction of sp³-hybridized carbons (Fsp3) is 0.391. The van der Waals surface area contributed by atoms with E-state index in [0.29, 0.717) is 11.1 Å². The highest BCUT2D eigenvalue weighted by Gasteiger charge is 2.23. The Labute approximate surface area is 210 Å². The molecule has 2 N–H and O–H groups in total. The molecular formula is C23H24N4O6S2. The summed E-state index contributed by atoms with van der Waals surface area (Å²) in [5.74, 6) is -1.95. The number of thiophene rings is 2. The van der Waals surface area contributed by atoms with Gasteiger partial charge >= 0.3 is 11.9 Å². The van der Waals surface area contributed by atoms with Gasteiger partial charge in [0.1, 0.15) is 31.9 Å². The minimum Gasteiger partial charge on any atom is -0.462 e. The van der Waals surface area contributed by atoms with Crippen LogP contribution in [-0.2, 0) is 19.1 Å². The second kappa shape index (κ2) is 12.6. The van der Waals surface area contributed by atoms with Crippen LogP contribution in [-0.4, -0.2) is 37.0 Å². The monoisotopic (exact) mass is 516 g/mol. The normalized spacial score (nSPS) is 10.1. The molecule has 12 heteroatoms. The average molecular weight is 517 g/mol. The SMILES string of the molecule is CCOC(=O)c1sc(NC(=O)CCCC(=O)Nc2sc(C(=O)OCC)c(C)c2C#N)c(C#N)c1C. The van der Waals surface area contributed by atoms with Gasteiger partial charge in [0.25, 0.3) is 0 Å². The van der Waals surface area contributed by atoms with Crippen LogP contribution in [0.5, 0.6) is 0 Å². The van der Waals surface area contributed by atoms with E-state index in [9.17, 15) is 29.7 Å². The van der Waals surface area contributed by atoms with E-state index in [1.807, 2.05) is 12.1 Å². The number of hydrogen-bond donors (Lipinski definition) is 2. The van der Waals surface area contributed by atoms with E-state index in [-0.39, 0.29) is 63.4 Å². The number of hydrogen-bond acceptors (Lipinski definition) is 10. The highest BCUT2D eigenvalue weighted by atomic mass is 32.1. The second-order valence-corrected chi connectivity index (χ2v) is 9.18. The van der Waals surface area contributed by atoms with Crippen LogP contribution >= 0.6 is 22.7 Å². The summed E-state index contributed by atoms with van der Waals surface area (Å²) >= 11 is 1.93. The lowest BCUT2D eigenvalue weighted by Gasteiger charge is -2.05. The Kier molecular flexibility index (Phi) is 9.94. The molecule has 184 valence electrons. The molecule has 0 aromatic carbocycles. The third-order valence-electron chi connectivity index (χ3n) is 4.75. The fourth-order valence-electron chi connectivity index (χ4n) is 3.04. The van der Waals surface area contributed by atoms with Gasteiger partial charge in [-0.05, 0) is 45.2 Å². The molecule has 0 atom stereocenters. The molecule has 2 amide bonds. The first kappa shape index (κ1) is 27.5. The zero-order valence-electron chi connectivity index (χ0n) is 19.7.